The van der Waals surface area contributed by atoms with Gasteiger partial charge in [-0.05, 0) is 25.3 Å². The molecule has 2 fully saturated rings. The van der Waals surface area contributed by atoms with E-state index in [-0.39, 0.29) is 0 Å². The van der Waals surface area contributed by atoms with E-state index in [2.05, 4.69) is 16.7 Å². The van der Waals surface area contributed by atoms with E-state index in [1.54, 1.807) is 0 Å². The van der Waals surface area contributed by atoms with Gasteiger partial charge in [-0.3, -0.25) is 0 Å². The molecule has 0 bridgehead atoms. The summed E-state index contributed by atoms with van der Waals surface area (Å²) < 4.78 is 0. The molecule has 0 atom stereocenters. The third kappa shape index (κ3) is 3.46. The van der Waals surface area contributed by atoms with E-state index < -0.39 is 0 Å². The van der Waals surface area contributed by atoms with Crippen molar-refractivity contribution in [2.75, 3.05) is 39.3 Å². The van der Waals surface area contributed by atoms with Gasteiger partial charge in [0.05, 0.1) is 0 Å². The molecule has 1 saturated heterocycles. The van der Waals surface area contributed by atoms with Crippen LogP contribution in [-0.4, -0.2) is 49.1 Å². The number of likely N-dealkylation sites (N-methyl/N-ethyl adjacent to an activating group) is 1. The van der Waals surface area contributed by atoms with Crippen LogP contribution in [0.1, 0.15) is 39.0 Å². The first-order valence-corrected chi connectivity index (χ1v) is 6.83. The van der Waals surface area contributed by atoms with Crippen molar-refractivity contribution in [1.29, 1.82) is 0 Å². The zero-order valence-electron chi connectivity index (χ0n) is 10.2. The first kappa shape index (κ1) is 11.4. The van der Waals surface area contributed by atoms with Crippen molar-refractivity contribution in [1.82, 2.24) is 9.80 Å². The fourth-order valence-corrected chi connectivity index (χ4v) is 3.02. The van der Waals surface area contributed by atoms with Crippen LogP contribution in [-0.2, 0) is 0 Å². The van der Waals surface area contributed by atoms with Crippen LogP contribution in [0.15, 0.2) is 0 Å². The molecular weight excluding hydrogens is 184 g/mol. The number of hydrogen-bond acceptors (Lipinski definition) is 2. The minimum Gasteiger partial charge on any atom is -0.301 e. The highest BCUT2D eigenvalue weighted by Crippen LogP contribution is 2.24. The average Bonchev–Trinajstić information content (AvgIpc) is 2.31. The van der Waals surface area contributed by atoms with Crippen molar-refractivity contribution in [3.8, 4) is 0 Å². The van der Waals surface area contributed by atoms with Gasteiger partial charge in [0.25, 0.3) is 0 Å². The van der Waals surface area contributed by atoms with Crippen molar-refractivity contribution in [3.63, 3.8) is 0 Å². The summed E-state index contributed by atoms with van der Waals surface area (Å²) in [6, 6.07) is 0. The van der Waals surface area contributed by atoms with Gasteiger partial charge < -0.3 is 9.80 Å². The summed E-state index contributed by atoms with van der Waals surface area (Å²) in [5.41, 5.74) is 0. The van der Waals surface area contributed by atoms with Crippen molar-refractivity contribution in [3.05, 3.63) is 0 Å². The van der Waals surface area contributed by atoms with E-state index in [4.69, 9.17) is 0 Å². The van der Waals surface area contributed by atoms with Crippen LogP contribution in [0.4, 0.5) is 0 Å². The van der Waals surface area contributed by atoms with Crippen LogP contribution < -0.4 is 0 Å². The molecule has 88 valence electrons. The Morgan fingerprint density at radius 1 is 0.867 bits per heavy atom. The van der Waals surface area contributed by atoms with Crippen molar-refractivity contribution < 1.29 is 0 Å². The molecule has 0 N–H and O–H groups in total. The molecule has 0 spiro atoms. The molecule has 0 amide bonds. The van der Waals surface area contributed by atoms with Crippen LogP contribution in [0, 0.1) is 5.92 Å². The number of hydrogen-bond donors (Lipinski definition) is 0. The summed E-state index contributed by atoms with van der Waals surface area (Å²) in [5.74, 6) is 1.02. The average molecular weight is 210 g/mol. The summed E-state index contributed by atoms with van der Waals surface area (Å²) >= 11 is 0. The molecule has 0 aromatic carbocycles. The Morgan fingerprint density at radius 2 is 1.47 bits per heavy atom. The van der Waals surface area contributed by atoms with Gasteiger partial charge >= 0.3 is 0 Å². The zero-order valence-corrected chi connectivity index (χ0v) is 10.2. The van der Waals surface area contributed by atoms with E-state index in [1.807, 2.05) is 0 Å². The Kier molecular flexibility index (Phi) is 4.45. The maximum absolute atomic E-state index is 2.70. The van der Waals surface area contributed by atoms with Crippen molar-refractivity contribution in [2.24, 2.45) is 5.92 Å². The lowest BCUT2D eigenvalue weighted by Crippen LogP contribution is -2.47. The van der Waals surface area contributed by atoms with Gasteiger partial charge in [-0.1, -0.05) is 26.2 Å². The quantitative estimate of drug-likeness (QED) is 0.704. The molecule has 1 aliphatic heterocycles. The molecule has 0 aromatic rings. The second-order valence-corrected chi connectivity index (χ2v) is 5.24. The molecule has 2 nitrogen and oxygen atoms in total. The Balaban J connectivity index is 1.67. The highest BCUT2D eigenvalue weighted by molar-refractivity contribution is 4.75. The second kappa shape index (κ2) is 5.86. The molecule has 1 saturated carbocycles. The predicted molar refractivity (Wildman–Crippen MR) is 65.1 cm³/mol. The number of nitrogens with zero attached hydrogens (tertiary/aromatic N) is 2. The Morgan fingerprint density at radius 3 is 2.07 bits per heavy atom. The molecule has 0 unspecified atom stereocenters. The lowest BCUT2D eigenvalue weighted by Gasteiger charge is -2.36. The standard InChI is InChI=1S/C13H26N2/c1-2-14-8-10-15(11-9-14)12-13-6-4-3-5-7-13/h13H,2-12H2,1H3. The van der Waals surface area contributed by atoms with Gasteiger partial charge in [0.2, 0.25) is 0 Å². The first-order chi connectivity index (χ1) is 7.38. The lowest BCUT2D eigenvalue weighted by atomic mass is 9.89. The lowest BCUT2D eigenvalue weighted by molar-refractivity contribution is 0.113. The van der Waals surface area contributed by atoms with Crippen molar-refractivity contribution >= 4 is 0 Å². The molecule has 0 aromatic heterocycles. The SMILES string of the molecule is CCN1CCN(CC2CCCCC2)CC1. The molecular formula is C13H26N2. The largest absolute Gasteiger partial charge is 0.301 e. The summed E-state index contributed by atoms with van der Waals surface area (Å²) in [6.45, 7) is 10.1. The highest BCUT2D eigenvalue weighted by Gasteiger charge is 2.20. The topological polar surface area (TPSA) is 6.48 Å². The van der Waals surface area contributed by atoms with E-state index in [0.29, 0.717) is 0 Å². The smallest absolute Gasteiger partial charge is 0.0110 e. The molecule has 2 rings (SSSR count). The molecule has 1 heterocycles. The molecule has 2 aliphatic rings. The maximum Gasteiger partial charge on any atom is 0.0110 e. The normalized spacial score (nSPS) is 27.0. The van der Waals surface area contributed by atoms with Crippen LogP contribution in [0.5, 0.6) is 0 Å². The molecule has 15 heavy (non-hydrogen) atoms. The van der Waals surface area contributed by atoms with Gasteiger partial charge in [-0.25, -0.2) is 0 Å². The Labute approximate surface area is 94.6 Å². The van der Waals surface area contributed by atoms with Gasteiger partial charge in [0, 0.05) is 32.7 Å². The first-order valence-electron chi connectivity index (χ1n) is 6.83. The van der Waals surface area contributed by atoms with Gasteiger partial charge in [0.15, 0.2) is 0 Å². The zero-order chi connectivity index (χ0) is 10.5. The minimum absolute atomic E-state index is 1.02. The third-order valence-electron chi connectivity index (χ3n) is 4.15. The third-order valence-corrected chi connectivity index (χ3v) is 4.15. The second-order valence-electron chi connectivity index (χ2n) is 5.24. The van der Waals surface area contributed by atoms with Gasteiger partial charge in [0.1, 0.15) is 0 Å². The number of piperazine rings is 1. The summed E-state index contributed by atoms with van der Waals surface area (Å²) in [5, 5.41) is 0. The van der Waals surface area contributed by atoms with Crippen LogP contribution in [0.25, 0.3) is 0 Å². The molecule has 2 heteroatoms. The Hall–Kier alpha value is -0.0800. The fraction of sp³-hybridized carbons (Fsp3) is 1.00. The fourth-order valence-electron chi connectivity index (χ4n) is 3.02. The van der Waals surface area contributed by atoms with Gasteiger partial charge in [-0.2, -0.15) is 0 Å². The van der Waals surface area contributed by atoms with E-state index in [9.17, 15) is 0 Å². The summed E-state index contributed by atoms with van der Waals surface area (Å²) in [6.07, 6.45) is 7.45. The Bertz CT molecular complexity index is 167. The van der Waals surface area contributed by atoms with E-state index in [0.717, 1.165) is 5.92 Å². The summed E-state index contributed by atoms with van der Waals surface area (Å²) in [7, 11) is 0. The van der Waals surface area contributed by atoms with Gasteiger partial charge in [-0.15, -0.1) is 0 Å². The van der Waals surface area contributed by atoms with E-state index in [1.165, 1.54) is 71.4 Å². The van der Waals surface area contributed by atoms with Crippen molar-refractivity contribution in [2.45, 2.75) is 39.0 Å². The maximum atomic E-state index is 2.70. The van der Waals surface area contributed by atoms with E-state index >= 15 is 0 Å². The van der Waals surface area contributed by atoms with Crippen LogP contribution in [0.2, 0.25) is 0 Å². The molecule has 1 aliphatic carbocycles. The highest BCUT2D eigenvalue weighted by atomic mass is 15.3. The number of rotatable bonds is 3. The minimum atomic E-state index is 1.02. The molecule has 0 radical (unpaired) electrons. The van der Waals surface area contributed by atoms with Crippen LogP contribution >= 0.6 is 0 Å². The monoisotopic (exact) mass is 210 g/mol. The predicted octanol–water partition coefficient (Wildman–Crippen LogP) is 2.20. The summed E-state index contributed by atoms with van der Waals surface area (Å²) in [4.78, 5) is 5.26. The van der Waals surface area contributed by atoms with Crippen LogP contribution in [0.3, 0.4) is 0 Å².